The lowest BCUT2D eigenvalue weighted by Crippen LogP contribution is -2.45. The molecule has 0 bridgehead atoms. The summed E-state index contributed by atoms with van der Waals surface area (Å²) in [6, 6.07) is 7.99. The molecule has 0 fully saturated rings. The number of hydrogen-bond acceptors (Lipinski definition) is 6. The van der Waals surface area contributed by atoms with Crippen LogP contribution >= 0.6 is 11.8 Å². The number of nitro benzene ring substituents is 1. The molecule has 1 unspecified atom stereocenters. The molecule has 3 rings (SSSR count). The van der Waals surface area contributed by atoms with E-state index in [1.807, 2.05) is 0 Å². The van der Waals surface area contributed by atoms with E-state index in [2.05, 4.69) is 5.32 Å². The van der Waals surface area contributed by atoms with E-state index in [1.54, 1.807) is 0 Å². The number of anilines is 1. The maximum Gasteiger partial charge on any atom is 0.398 e. The van der Waals surface area contributed by atoms with E-state index in [0.29, 0.717) is 16.7 Å². The van der Waals surface area contributed by atoms with Gasteiger partial charge in [-0.2, -0.15) is 13.2 Å². The molecule has 1 atom stereocenters. The minimum Gasteiger partial charge on any atom is -0.323 e. The third-order valence-electron chi connectivity index (χ3n) is 4.42. The van der Waals surface area contributed by atoms with Crippen molar-refractivity contribution < 1.29 is 32.5 Å². The third-order valence-corrected chi connectivity index (χ3v) is 5.56. The number of nitro groups is 1. The zero-order chi connectivity index (χ0) is 22.9. The quantitative estimate of drug-likeness (QED) is 0.308. The summed E-state index contributed by atoms with van der Waals surface area (Å²) in [7, 11) is 0. The SMILES string of the molecule is CC(C(=O)Nc1ccccc1SCC(F)(F)F)N1C(=O)c2cccc([N+](=O)[O-])c2C1=O. The molecule has 3 amide bonds. The van der Waals surface area contributed by atoms with Crippen LogP contribution in [0.25, 0.3) is 0 Å². The van der Waals surface area contributed by atoms with Crippen molar-refractivity contribution >= 4 is 40.9 Å². The standard InChI is InChI=1S/C19H14F3N3O5S/c1-10(16(26)23-12-6-2-3-8-14(12)31-9-19(20,21)22)24-17(27)11-5-4-7-13(25(29)30)15(11)18(24)28/h2-8,10H,9H2,1H3,(H,23,26). The summed E-state index contributed by atoms with van der Waals surface area (Å²) in [5, 5.41) is 13.6. The molecule has 2 aromatic carbocycles. The lowest BCUT2D eigenvalue weighted by Gasteiger charge is -2.22. The smallest absolute Gasteiger partial charge is 0.323 e. The molecule has 0 saturated carbocycles. The second-order valence-corrected chi connectivity index (χ2v) is 7.52. The first-order valence-electron chi connectivity index (χ1n) is 8.76. The molecule has 1 aliphatic heterocycles. The fourth-order valence-electron chi connectivity index (χ4n) is 3.00. The third kappa shape index (κ3) is 4.53. The maximum atomic E-state index is 12.7. The van der Waals surface area contributed by atoms with E-state index in [9.17, 15) is 37.7 Å². The van der Waals surface area contributed by atoms with Gasteiger partial charge in [0, 0.05) is 11.0 Å². The van der Waals surface area contributed by atoms with E-state index >= 15 is 0 Å². The first kappa shape index (κ1) is 22.3. The lowest BCUT2D eigenvalue weighted by atomic mass is 10.1. The van der Waals surface area contributed by atoms with Crippen LogP contribution in [0, 0.1) is 10.1 Å². The summed E-state index contributed by atoms with van der Waals surface area (Å²) in [6.45, 7) is 1.24. The van der Waals surface area contributed by atoms with Crippen molar-refractivity contribution in [2.24, 2.45) is 0 Å². The first-order valence-corrected chi connectivity index (χ1v) is 9.74. The first-order chi connectivity index (χ1) is 14.5. The number of imide groups is 1. The van der Waals surface area contributed by atoms with E-state index in [1.165, 1.54) is 43.3 Å². The Morgan fingerprint density at radius 1 is 1.16 bits per heavy atom. The van der Waals surface area contributed by atoms with Crippen molar-refractivity contribution in [2.45, 2.75) is 24.0 Å². The van der Waals surface area contributed by atoms with Crippen LogP contribution in [0.4, 0.5) is 24.5 Å². The van der Waals surface area contributed by atoms with Crippen molar-refractivity contribution in [3.63, 3.8) is 0 Å². The zero-order valence-corrected chi connectivity index (χ0v) is 16.6. The van der Waals surface area contributed by atoms with Crippen LogP contribution in [0.5, 0.6) is 0 Å². The second-order valence-electron chi connectivity index (χ2n) is 6.50. The highest BCUT2D eigenvalue weighted by Gasteiger charge is 2.45. The van der Waals surface area contributed by atoms with Crippen molar-refractivity contribution in [3.05, 3.63) is 63.7 Å². The summed E-state index contributed by atoms with van der Waals surface area (Å²) >= 11 is 0.474. The normalized spacial score (nSPS) is 14.4. The number of rotatable bonds is 6. The van der Waals surface area contributed by atoms with Crippen molar-refractivity contribution in [1.82, 2.24) is 4.90 Å². The Bertz CT molecular complexity index is 1090. The largest absolute Gasteiger partial charge is 0.398 e. The molecule has 12 heteroatoms. The van der Waals surface area contributed by atoms with Gasteiger partial charge in [-0.15, -0.1) is 11.8 Å². The number of thioether (sulfide) groups is 1. The van der Waals surface area contributed by atoms with Crippen LogP contribution in [0.3, 0.4) is 0 Å². The van der Waals surface area contributed by atoms with E-state index in [-0.39, 0.29) is 16.1 Å². The number of alkyl halides is 3. The number of para-hydroxylation sites is 1. The summed E-state index contributed by atoms with van der Waals surface area (Å²) in [5.41, 5.74) is -1.07. The average Bonchev–Trinajstić information content (AvgIpc) is 2.96. The Morgan fingerprint density at radius 2 is 1.84 bits per heavy atom. The van der Waals surface area contributed by atoms with Crippen LogP contribution in [-0.2, 0) is 4.79 Å². The van der Waals surface area contributed by atoms with Gasteiger partial charge in [0.1, 0.15) is 11.6 Å². The summed E-state index contributed by atoms with van der Waals surface area (Å²) in [4.78, 5) is 49.2. The van der Waals surface area contributed by atoms with Gasteiger partial charge in [0.2, 0.25) is 5.91 Å². The fourth-order valence-corrected chi connectivity index (χ4v) is 3.77. The summed E-state index contributed by atoms with van der Waals surface area (Å²) in [5.74, 6) is -3.87. The van der Waals surface area contributed by atoms with Crippen LogP contribution in [0.2, 0.25) is 0 Å². The molecule has 0 aliphatic carbocycles. The molecule has 162 valence electrons. The van der Waals surface area contributed by atoms with Crippen LogP contribution in [0.1, 0.15) is 27.6 Å². The zero-order valence-electron chi connectivity index (χ0n) is 15.8. The number of benzene rings is 2. The van der Waals surface area contributed by atoms with Crippen molar-refractivity contribution in [3.8, 4) is 0 Å². The number of halogens is 3. The number of amides is 3. The molecule has 0 aromatic heterocycles. The van der Waals surface area contributed by atoms with Crippen LogP contribution in [-0.4, -0.2) is 45.5 Å². The average molecular weight is 453 g/mol. The number of hydrogen-bond donors (Lipinski definition) is 1. The maximum absolute atomic E-state index is 12.7. The number of nitrogens with one attached hydrogen (secondary N) is 1. The Kier molecular flexibility index (Phi) is 6.02. The molecule has 0 saturated heterocycles. The van der Waals surface area contributed by atoms with E-state index in [4.69, 9.17) is 0 Å². The van der Waals surface area contributed by atoms with Crippen molar-refractivity contribution in [1.29, 1.82) is 0 Å². The van der Waals surface area contributed by atoms with E-state index < -0.39 is 51.9 Å². The van der Waals surface area contributed by atoms with Gasteiger partial charge < -0.3 is 5.32 Å². The van der Waals surface area contributed by atoms with Gasteiger partial charge in [0.25, 0.3) is 17.5 Å². The second kappa shape index (κ2) is 8.38. The van der Waals surface area contributed by atoms with Crippen LogP contribution < -0.4 is 5.32 Å². The van der Waals surface area contributed by atoms with Gasteiger partial charge in [0.05, 0.1) is 21.9 Å². The van der Waals surface area contributed by atoms with Gasteiger partial charge in [-0.3, -0.25) is 29.4 Å². The van der Waals surface area contributed by atoms with Crippen molar-refractivity contribution in [2.75, 3.05) is 11.1 Å². The molecule has 2 aromatic rings. The minimum atomic E-state index is -4.41. The Morgan fingerprint density at radius 3 is 2.48 bits per heavy atom. The van der Waals surface area contributed by atoms with Gasteiger partial charge in [0.15, 0.2) is 0 Å². The molecule has 1 heterocycles. The molecule has 1 N–H and O–H groups in total. The number of carbonyl (C=O) groups excluding carboxylic acids is 3. The highest BCUT2D eigenvalue weighted by molar-refractivity contribution is 7.99. The van der Waals surface area contributed by atoms with Gasteiger partial charge in [-0.05, 0) is 25.1 Å². The van der Waals surface area contributed by atoms with Gasteiger partial charge in [-0.25, -0.2) is 0 Å². The Labute approximate surface area is 177 Å². The predicted molar refractivity (Wildman–Crippen MR) is 105 cm³/mol. The monoisotopic (exact) mass is 453 g/mol. The molecule has 1 aliphatic rings. The topological polar surface area (TPSA) is 110 Å². The molecule has 0 radical (unpaired) electrons. The minimum absolute atomic E-state index is 0.0798. The van der Waals surface area contributed by atoms with E-state index in [0.717, 1.165) is 6.07 Å². The molecule has 8 nitrogen and oxygen atoms in total. The number of carbonyl (C=O) groups is 3. The summed E-state index contributed by atoms with van der Waals surface area (Å²) < 4.78 is 37.6. The summed E-state index contributed by atoms with van der Waals surface area (Å²) in [6.07, 6.45) is -4.41. The lowest BCUT2D eigenvalue weighted by molar-refractivity contribution is -0.385. The van der Waals surface area contributed by atoms with Gasteiger partial charge in [-0.1, -0.05) is 18.2 Å². The molecule has 31 heavy (non-hydrogen) atoms. The predicted octanol–water partition coefficient (Wildman–Crippen LogP) is 3.87. The Balaban J connectivity index is 1.82. The van der Waals surface area contributed by atoms with Crippen LogP contribution in [0.15, 0.2) is 47.4 Å². The highest BCUT2D eigenvalue weighted by atomic mass is 32.2. The molecular weight excluding hydrogens is 439 g/mol. The Hall–Kier alpha value is -3.41. The fraction of sp³-hybridized carbons (Fsp3) is 0.211. The number of fused-ring (bicyclic) bond motifs is 1. The molecular formula is C19H14F3N3O5S. The highest BCUT2D eigenvalue weighted by Crippen LogP contribution is 2.34. The van der Waals surface area contributed by atoms with Gasteiger partial charge >= 0.3 is 6.18 Å². The molecule has 0 spiro atoms. The number of nitrogens with zero attached hydrogens (tertiary/aromatic N) is 2.